The highest BCUT2D eigenvalue weighted by atomic mass is 32.1. The van der Waals surface area contributed by atoms with Crippen molar-refractivity contribution in [3.05, 3.63) is 34.8 Å². The van der Waals surface area contributed by atoms with Crippen LogP contribution in [0.1, 0.15) is 68.8 Å². The Morgan fingerprint density at radius 2 is 1.96 bits per heavy atom. The minimum Gasteiger partial charge on any atom is -0.342 e. The maximum atomic E-state index is 13.1. The second-order valence-corrected chi connectivity index (χ2v) is 8.42. The predicted octanol–water partition coefficient (Wildman–Crippen LogP) is 4.06. The standard InChI is InChI=1S/C20H28N4OS/c25-20(16-6-3-1-2-4-7-16)24-10-5-8-17(12-24)19-21-9-11-23(19)13-18-14-26-15-22-18/h9,11,14-17H,1-8,10,12-13H2. The zero-order chi connectivity index (χ0) is 17.8. The number of imidazole rings is 1. The molecular formula is C20H28N4OS. The van der Waals surface area contributed by atoms with E-state index < -0.39 is 0 Å². The number of nitrogens with zero attached hydrogens (tertiary/aromatic N) is 4. The third kappa shape index (κ3) is 4.00. The summed E-state index contributed by atoms with van der Waals surface area (Å²) in [6.45, 7) is 2.51. The van der Waals surface area contributed by atoms with Crippen LogP contribution in [-0.2, 0) is 11.3 Å². The van der Waals surface area contributed by atoms with Crippen LogP contribution in [0.15, 0.2) is 23.3 Å². The Bertz CT molecular complexity index is 703. The van der Waals surface area contributed by atoms with Crippen molar-refractivity contribution in [2.24, 2.45) is 5.92 Å². The average molecular weight is 373 g/mol. The number of hydrogen-bond donors (Lipinski definition) is 0. The van der Waals surface area contributed by atoms with Crippen LogP contribution in [0, 0.1) is 5.92 Å². The lowest BCUT2D eigenvalue weighted by Crippen LogP contribution is -2.42. The molecule has 0 radical (unpaired) electrons. The van der Waals surface area contributed by atoms with E-state index in [1.165, 1.54) is 25.7 Å². The number of likely N-dealkylation sites (tertiary alicyclic amines) is 1. The largest absolute Gasteiger partial charge is 0.342 e. The number of carbonyl (C=O) groups excluding carboxylic acids is 1. The Kier molecular flexibility index (Phi) is 5.68. The first-order valence-corrected chi connectivity index (χ1v) is 10.9. The fraction of sp³-hybridized carbons (Fsp3) is 0.650. The molecule has 0 spiro atoms. The molecule has 1 atom stereocenters. The van der Waals surface area contributed by atoms with Gasteiger partial charge < -0.3 is 9.47 Å². The van der Waals surface area contributed by atoms with E-state index in [1.54, 1.807) is 11.3 Å². The van der Waals surface area contributed by atoms with E-state index >= 15 is 0 Å². The van der Waals surface area contributed by atoms with Crippen molar-refractivity contribution in [2.75, 3.05) is 13.1 Å². The minimum atomic E-state index is 0.256. The van der Waals surface area contributed by atoms with Crippen molar-refractivity contribution in [3.63, 3.8) is 0 Å². The fourth-order valence-corrected chi connectivity index (χ4v) is 5.03. The predicted molar refractivity (Wildman–Crippen MR) is 103 cm³/mol. The van der Waals surface area contributed by atoms with Gasteiger partial charge >= 0.3 is 0 Å². The Hall–Kier alpha value is -1.69. The van der Waals surface area contributed by atoms with Crippen LogP contribution in [0.25, 0.3) is 0 Å². The first kappa shape index (κ1) is 17.7. The lowest BCUT2D eigenvalue weighted by atomic mass is 9.93. The van der Waals surface area contributed by atoms with Gasteiger partial charge in [-0.2, -0.15) is 0 Å². The van der Waals surface area contributed by atoms with E-state index in [0.717, 1.165) is 56.8 Å². The molecule has 2 aliphatic rings. The van der Waals surface area contributed by atoms with Crippen molar-refractivity contribution in [2.45, 2.75) is 63.8 Å². The van der Waals surface area contributed by atoms with Crippen molar-refractivity contribution in [1.29, 1.82) is 0 Å². The van der Waals surface area contributed by atoms with Gasteiger partial charge in [-0.15, -0.1) is 11.3 Å². The number of rotatable bonds is 4. The normalized spacial score (nSPS) is 22.3. The first-order valence-electron chi connectivity index (χ1n) is 9.98. The third-order valence-electron chi connectivity index (χ3n) is 5.87. The molecule has 1 saturated carbocycles. The maximum Gasteiger partial charge on any atom is 0.225 e. The van der Waals surface area contributed by atoms with Gasteiger partial charge in [-0.05, 0) is 25.7 Å². The SMILES string of the molecule is O=C(C1CCCCCC1)N1CCCC(c2nccn2Cc2cscn2)C1. The average Bonchev–Trinajstić information content (AvgIpc) is 3.28. The monoisotopic (exact) mass is 372 g/mol. The van der Waals surface area contributed by atoms with Gasteiger partial charge in [0.05, 0.1) is 17.7 Å². The number of amides is 1. The molecule has 6 heteroatoms. The molecule has 2 fully saturated rings. The summed E-state index contributed by atoms with van der Waals surface area (Å²) in [6, 6.07) is 0. The van der Waals surface area contributed by atoms with E-state index in [0.29, 0.717) is 11.8 Å². The molecule has 4 rings (SSSR count). The van der Waals surface area contributed by atoms with E-state index in [1.807, 2.05) is 17.9 Å². The zero-order valence-electron chi connectivity index (χ0n) is 15.3. The maximum absolute atomic E-state index is 13.1. The molecule has 1 saturated heterocycles. The lowest BCUT2D eigenvalue weighted by molar-refractivity contribution is -0.137. The Morgan fingerprint density at radius 1 is 1.12 bits per heavy atom. The van der Waals surface area contributed by atoms with Gasteiger partial charge in [0.1, 0.15) is 5.82 Å². The summed E-state index contributed by atoms with van der Waals surface area (Å²) in [5.41, 5.74) is 2.95. The summed E-state index contributed by atoms with van der Waals surface area (Å²) in [5, 5.41) is 2.09. The van der Waals surface area contributed by atoms with Crippen molar-refractivity contribution in [3.8, 4) is 0 Å². The molecule has 5 nitrogen and oxygen atoms in total. The van der Waals surface area contributed by atoms with Crippen molar-refractivity contribution in [1.82, 2.24) is 19.4 Å². The molecule has 26 heavy (non-hydrogen) atoms. The molecule has 1 aliphatic heterocycles. The highest BCUT2D eigenvalue weighted by molar-refractivity contribution is 7.07. The Labute approximate surface area is 159 Å². The van der Waals surface area contributed by atoms with Gasteiger partial charge in [0, 0.05) is 42.7 Å². The van der Waals surface area contributed by atoms with Crippen molar-refractivity contribution < 1.29 is 4.79 Å². The quantitative estimate of drug-likeness (QED) is 0.761. The molecule has 140 valence electrons. The van der Waals surface area contributed by atoms with Gasteiger partial charge in [0.25, 0.3) is 0 Å². The summed E-state index contributed by atoms with van der Waals surface area (Å²) in [5.74, 6) is 2.10. The molecule has 0 N–H and O–H groups in total. The van der Waals surface area contributed by atoms with Crippen LogP contribution >= 0.6 is 11.3 Å². The van der Waals surface area contributed by atoms with Gasteiger partial charge in [0.2, 0.25) is 5.91 Å². The van der Waals surface area contributed by atoms with E-state index in [9.17, 15) is 4.79 Å². The van der Waals surface area contributed by atoms with Crippen LogP contribution in [0.4, 0.5) is 0 Å². The molecule has 3 heterocycles. The molecular weight excluding hydrogens is 344 g/mol. The highest BCUT2D eigenvalue weighted by Crippen LogP contribution is 2.30. The van der Waals surface area contributed by atoms with Crippen LogP contribution in [0.5, 0.6) is 0 Å². The summed E-state index contributed by atoms with van der Waals surface area (Å²) in [6.07, 6.45) is 13.3. The zero-order valence-corrected chi connectivity index (χ0v) is 16.2. The minimum absolute atomic E-state index is 0.256. The smallest absolute Gasteiger partial charge is 0.225 e. The van der Waals surface area contributed by atoms with Crippen LogP contribution in [0.3, 0.4) is 0 Å². The molecule has 0 aromatic carbocycles. The highest BCUT2D eigenvalue weighted by Gasteiger charge is 2.31. The molecule has 0 bridgehead atoms. The van der Waals surface area contributed by atoms with Crippen LogP contribution in [-0.4, -0.2) is 38.4 Å². The molecule has 1 unspecified atom stereocenters. The third-order valence-corrected chi connectivity index (χ3v) is 6.50. The van der Waals surface area contributed by atoms with Gasteiger partial charge in [-0.3, -0.25) is 4.79 Å². The van der Waals surface area contributed by atoms with Gasteiger partial charge in [0.15, 0.2) is 0 Å². The Morgan fingerprint density at radius 3 is 2.73 bits per heavy atom. The number of aromatic nitrogens is 3. The summed E-state index contributed by atoms with van der Waals surface area (Å²) in [7, 11) is 0. The number of piperidine rings is 1. The molecule has 1 amide bonds. The van der Waals surface area contributed by atoms with Crippen LogP contribution < -0.4 is 0 Å². The number of thiazole rings is 1. The number of hydrogen-bond acceptors (Lipinski definition) is 4. The summed E-state index contributed by atoms with van der Waals surface area (Å²) in [4.78, 5) is 24.2. The second kappa shape index (κ2) is 8.33. The Balaban J connectivity index is 1.44. The first-order chi connectivity index (χ1) is 12.8. The lowest BCUT2D eigenvalue weighted by Gasteiger charge is -2.34. The van der Waals surface area contributed by atoms with Gasteiger partial charge in [-0.1, -0.05) is 25.7 Å². The van der Waals surface area contributed by atoms with Crippen molar-refractivity contribution >= 4 is 17.2 Å². The van der Waals surface area contributed by atoms with E-state index in [-0.39, 0.29) is 5.92 Å². The molecule has 2 aromatic heterocycles. The summed E-state index contributed by atoms with van der Waals surface area (Å²) < 4.78 is 2.21. The molecule has 1 aliphatic carbocycles. The number of carbonyl (C=O) groups is 1. The molecule has 2 aromatic rings. The second-order valence-electron chi connectivity index (χ2n) is 7.71. The van der Waals surface area contributed by atoms with Crippen LogP contribution in [0.2, 0.25) is 0 Å². The summed E-state index contributed by atoms with van der Waals surface area (Å²) >= 11 is 1.63. The fourth-order valence-electron chi connectivity index (χ4n) is 4.48. The van der Waals surface area contributed by atoms with Gasteiger partial charge in [-0.25, -0.2) is 9.97 Å². The topological polar surface area (TPSA) is 51.0 Å². The van der Waals surface area contributed by atoms with E-state index in [4.69, 9.17) is 0 Å². The van der Waals surface area contributed by atoms with E-state index in [2.05, 4.69) is 24.8 Å².